The summed E-state index contributed by atoms with van der Waals surface area (Å²) in [6.07, 6.45) is 10.0. The van der Waals surface area contributed by atoms with Crippen molar-refractivity contribution in [2.75, 3.05) is 42.6 Å². The highest BCUT2D eigenvalue weighted by Gasteiger charge is 2.72. The first-order chi connectivity index (χ1) is 20.3. The van der Waals surface area contributed by atoms with E-state index in [2.05, 4.69) is 18.7 Å². The molecular weight excluding hydrogens is 534 g/mol. The van der Waals surface area contributed by atoms with Crippen LogP contribution in [-0.4, -0.2) is 84.4 Å². The lowest BCUT2D eigenvalue weighted by Gasteiger charge is -2.40. The maximum absolute atomic E-state index is 14.7. The number of hydrogen-bond donors (Lipinski definition) is 1. The van der Waals surface area contributed by atoms with E-state index in [0.717, 1.165) is 38.0 Å². The second kappa shape index (κ2) is 12.6. The number of fused-ring (bicyclic) bond motifs is 2. The largest absolute Gasteiger partial charge is 0.465 e. The third-order valence-electron chi connectivity index (χ3n) is 9.67. The van der Waals surface area contributed by atoms with Crippen molar-refractivity contribution in [1.82, 2.24) is 4.90 Å². The number of nitrogens with zero attached hydrogens (tertiary/aromatic N) is 3. The molecule has 4 aliphatic rings. The molecule has 0 aliphatic carbocycles. The first-order valence-electron chi connectivity index (χ1n) is 15.6. The van der Waals surface area contributed by atoms with Crippen molar-refractivity contribution in [2.45, 2.75) is 77.2 Å². The molecule has 4 aliphatic heterocycles. The van der Waals surface area contributed by atoms with Crippen LogP contribution >= 0.6 is 0 Å². The van der Waals surface area contributed by atoms with Crippen LogP contribution in [0.3, 0.4) is 0 Å². The van der Waals surface area contributed by atoms with E-state index in [1.54, 1.807) is 9.80 Å². The summed E-state index contributed by atoms with van der Waals surface area (Å²) in [5.74, 6) is -3.00. The molecule has 1 aromatic rings. The van der Waals surface area contributed by atoms with Crippen LogP contribution in [0.4, 0.5) is 11.4 Å². The Morgan fingerprint density at radius 3 is 2.45 bits per heavy atom. The summed E-state index contributed by atoms with van der Waals surface area (Å²) in [5, 5.41) is 10.6. The van der Waals surface area contributed by atoms with Gasteiger partial charge >= 0.3 is 5.97 Å². The third kappa shape index (κ3) is 5.04. The number of allylic oxidation sites excluding steroid dienone is 1. The van der Waals surface area contributed by atoms with Crippen LogP contribution in [0, 0.1) is 17.8 Å². The van der Waals surface area contributed by atoms with E-state index < -0.39 is 41.6 Å². The highest BCUT2D eigenvalue weighted by atomic mass is 16.6. The Morgan fingerprint density at radius 2 is 1.79 bits per heavy atom. The van der Waals surface area contributed by atoms with Crippen LogP contribution in [0.25, 0.3) is 0 Å². The van der Waals surface area contributed by atoms with Gasteiger partial charge in [-0.3, -0.25) is 14.4 Å². The maximum Gasteiger partial charge on any atom is 0.312 e. The molecule has 1 spiro atoms. The number of aliphatic hydroxyl groups excluding tert-OH is 1. The molecule has 1 unspecified atom stereocenters. The van der Waals surface area contributed by atoms with E-state index in [1.165, 1.54) is 0 Å². The van der Waals surface area contributed by atoms with Gasteiger partial charge < -0.3 is 29.3 Å². The molecule has 9 heteroatoms. The van der Waals surface area contributed by atoms with Gasteiger partial charge in [-0.25, -0.2) is 0 Å². The fourth-order valence-corrected chi connectivity index (χ4v) is 7.19. The number of rotatable bonds is 8. The molecule has 2 fully saturated rings. The van der Waals surface area contributed by atoms with Crippen molar-refractivity contribution in [3.05, 3.63) is 48.6 Å². The van der Waals surface area contributed by atoms with E-state index >= 15 is 0 Å². The van der Waals surface area contributed by atoms with E-state index in [9.17, 15) is 19.5 Å². The summed E-state index contributed by atoms with van der Waals surface area (Å²) in [7, 11) is 0. The molecule has 0 bridgehead atoms. The van der Waals surface area contributed by atoms with Gasteiger partial charge in [0.1, 0.15) is 17.6 Å². The minimum atomic E-state index is -1.36. The number of aliphatic hydroxyl groups is 1. The molecule has 1 N–H and O–H groups in total. The summed E-state index contributed by atoms with van der Waals surface area (Å²) < 4.78 is 12.4. The number of likely N-dealkylation sites (tertiary alicyclic amines) is 1. The van der Waals surface area contributed by atoms with Crippen molar-refractivity contribution in [3.8, 4) is 0 Å². The van der Waals surface area contributed by atoms with Crippen molar-refractivity contribution in [2.24, 2.45) is 17.8 Å². The standard InChI is InChI=1S/C33H45N3O6/c1-5-22(4)25(21-37)36-29-31(39)35(24-16-14-23(15-17-24)34(6-2)7-3)19-12-18-33(29)28(30(36)38)27-26(42-33)13-10-8-9-11-20-41-32(27)40/h10,12-18,22,25-29,37H,5-9,11,19-21H2,1-4H3/b13-10-/t22-,25-,26-,27+,28-,29?,33-/m0/s1. The summed E-state index contributed by atoms with van der Waals surface area (Å²) in [6.45, 7) is 10.2. The molecule has 1 aromatic carbocycles. The van der Waals surface area contributed by atoms with Crippen LogP contribution in [-0.2, 0) is 23.9 Å². The summed E-state index contributed by atoms with van der Waals surface area (Å²) in [6, 6.07) is 6.24. The number of benzene rings is 1. The third-order valence-corrected chi connectivity index (χ3v) is 9.67. The highest BCUT2D eigenvalue weighted by molar-refractivity contribution is 6.05. The van der Waals surface area contributed by atoms with E-state index in [1.807, 2.05) is 62.4 Å². The Hall–Kier alpha value is -3.17. The monoisotopic (exact) mass is 579 g/mol. The minimum absolute atomic E-state index is 0.0802. The van der Waals surface area contributed by atoms with Gasteiger partial charge in [-0.2, -0.15) is 0 Å². The zero-order valence-electron chi connectivity index (χ0n) is 25.3. The minimum Gasteiger partial charge on any atom is -0.465 e. The summed E-state index contributed by atoms with van der Waals surface area (Å²) in [5.41, 5.74) is 0.423. The fourth-order valence-electron chi connectivity index (χ4n) is 7.19. The number of cyclic esters (lactones) is 1. The van der Waals surface area contributed by atoms with Crippen molar-refractivity contribution >= 4 is 29.2 Å². The second-order valence-electron chi connectivity index (χ2n) is 11.9. The second-order valence-corrected chi connectivity index (χ2v) is 11.9. The predicted octanol–water partition coefficient (Wildman–Crippen LogP) is 3.71. The number of hydrogen-bond acceptors (Lipinski definition) is 7. The SMILES string of the molecule is CC[C@H](C)[C@H](CO)N1C(=O)[C@@H]2[C@@H]3C(=O)OCCCC/C=C\[C@@H]3O[C@@]23C=CCN(c2ccc(N(CC)CC)cc2)C(=O)C13. The Kier molecular flexibility index (Phi) is 9.08. The Balaban J connectivity index is 1.60. The number of ether oxygens (including phenoxy) is 2. The number of carbonyl (C=O) groups excluding carboxylic acids is 3. The van der Waals surface area contributed by atoms with Crippen molar-refractivity contribution < 1.29 is 29.0 Å². The molecule has 9 nitrogen and oxygen atoms in total. The number of esters is 1. The molecule has 42 heavy (non-hydrogen) atoms. The molecule has 4 heterocycles. The smallest absolute Gasteiger partial charge is 0.312 e. The van der Waals surface area contributed by atoms with Crippen LogP contribution < -0.4 is 9.80 Å². The summed E-state index contributed by atoms with van der Waals surface area (Å²) >= 11 is 0. The predicted molar refractivity (Wildman–Crippen MR) is 161 cm³/mol. The van der Waals surface area contributed by atoms with Crippen LogP contribution in [0.15, 0.2) is 48.6 Å². The zero-order chi connectivity index (χ0) is 30.0. The highest BCUT2D eigenvalue weighted by Crippen LogP contribution is 2.54. The topological polar surface area (TPSA) is 99.6 Å². The quantitative estimate of drug-likeness (QED) is 0.370. The zero-order valence-corrected chi connectivity index (χ0v) is 25.3. The number of anilines is 2. The molecule has 0 saturated carbocycles. The van der Waals surface area contributed by atoms with Crippen LogP contribution in [0.5, 0.6) is 0 Å². The van der Waals surface area contributed by atoms with Gasteiger partial charge in [-0.1, -0.05) is 44.6 Å². The molecule has 5 rings (SSSR count). The van der Waals surface area contributed by atoms with Gasteiger partial charge in [-0.05, 0) is 63.3 Å². The Bertz CT molecular complexity index is 1210. The lowest BCUT2D eigenvalue weighted by atomic mass is 9.78. The van der Waals surface area contributed by atoms with E-state index in [0.29, 0.717) is 18.7 Å². The Morgan fingerprint density at radius 1 is 1.05 bits per heavy atom. The first-order valence-corrected chi connectivity index (χ1v) is 15.6. The molecule has 0 aromatic heterocycles. The first kappa shape index (κ1) is 30.3. The van der Waals surface area contributed by atoms with Crippen molar-refractivity contribution in [1.29, 1.82) is 0 Å². The average Bonchev–Trinajstić information content (AvgIpc) is 3.39. The average molecular weight is 580 g/mol. The van der Waals surface area contributed by atoms with Crippen molar-refractivity contribution in [3.63, 3.8) is 0 Å². The van der Waals surface area contributed by atoms with E-state index in [4.69, 9.17) is 9.47 Å². The lowest BCUT2D eigenvalue weighted by molar-refractivity contribution is -0.155. The van der Waals surface area contributed by atoms with Gasteiger partial charge in [0.05, 0.1) is 31.3 Å². The molecule has 7 atom stereocenters. The van der Waals surface area contributed by atoms with Gasteiger partial charge in [0.15, 0.2) is 0 Å². The Labute approximate surface area is 249 Å². The maximum atomic E-state index is 14.7. The molecule has 228 valence electrons. The number of carbonyl (C=O) groups is 3. The lowest BCUT2D eigenvalue weighted by Crippen LogP contribution is -2.59. The molecule has 2 saturated heterocycles. The van der Waals surface area contributed by atoms with E-state index in [-0.39, 0.29) is 30.9 Å². The molecule has 0 radical (unpaired) electrons. The fraction of sp³-hybridized carbons (Fsp3) is 0.606. The van der Waals surface area contributed by atoms with Gasteiger partial charge in [0.2, 0.25) is 5.91 Å². The summed E-state index contributed by atoms with van der Waals surface area (Å²) in [4.78, 5) is 48.2. The van der Waals surface area contributed by atoms with Gasteiger partial charge in [0, 0.05) is 31.0 Å². The number of amides is 2. The molecule has 2 amide bonds. The van der Waals surface area contributed by atoms with Gasteiger partial charge in [-0.15, -0.1) is 0 Å². The molecular formula is C33H45N3O6. The normalized spacial score (nSPS) is 31.5. The van der Waals surface area contributed by atoms with Gasteiger partial charge in [0.25, 0.3) is 5.91 Å². The van der Waals surface area contributed by atoms with Crippen LogP contribution in [0.2, 0.25) is 0 Å². The van der Waals surface area contributed by atoms with Crippen LogP contribution in [0.1, 0.15) is 53.4 Å².